The van der Waals surface area contributed by atoms with E-state index >= 15 is 0 Å². The van der Waals surface area contributed by atoms with Crippen LogP contribution in [0.1, 0.15) is 18.0 Å². The van der Waals surface area contributed by atoms with Crippen molar-refractivity contribution in [3.63, 3.8) is 0 Å². The number of benzene rings is 2. The summed E-state index contributed by atoms with van der Waals surface area (Å²) in [6.45, 7) is 1.27. The summed E-state index contributed by atoms with van der Waals surface area (Å²) in [4.78, 5) is 25.0. The van der Waals surface area contributed by atoms with Gasteiger partial charge in [0.15, 0.2) is 0 Å². The van der Waals surface area contributed by atoms with Gasteiger partial charge in [-0.3, -0.25) is 10.2 Å². The van der Waals surface area contributed by atoms with Crippen molar-refractivity contribution in [3.05, 3.63) is 60.2 Å². The van der Waals surface area contributed by atoms with E-state index in [0.717, 1.165) is 6.42 Å². The van der Waals surface area contributed by atoms with E-state index in [2.05, 4.69) is 52.6 Å². The average molecular weight is 379 g/mol. The lowest BCUT2D eigenvalue weighted by molar-refractivity contribution is -0.132. The van der Waals surface area contributed by atoms with Crippen LogP contribution in [0.4, 0.5) is 4.79 Å². The SMILES string of the molecule is NC(=O)NCC(=O)N1CCC2NNC(c3ccc(-c4ccccc4)cc3)C2C1. The normalized spacial score (nSPS) is 23.9. The van der Waals surface area contributed by atoms with Crippen molar-refractivity contribution in [1.82, 2.24) is 21.1 Å². The van der Waals surface area contributed by atoms with Crippen molar-refractivity contribution >= 4 is 11.9 Å². The first-order chi connectivity index (χ1) is 13.6. The molecule has 0 spiro atoms. The van der Waals surface area contributed by atoms with Crippen LogP contribution in [0, 0.1) is 5.92 Å². The standard InChI is InChI=1S/C21H25N5O2/c22-21(28)23-12-19(27)26-11-10-18-17(13-26)20(25-24-18)16-8-6-15(7-9-16)14-4-2-1-3-5-14/h1-9,17-18,20,24-25H,10-13H2,(H3,22,23,28). The number of carbonyl (C=O) groups is 2. The number of rotatable bonds is 4. The summed E-state index contributed by atoms with van der Waals surface area (Å²) in [5, 5.41) is 2.38. The number of hydrazine groups is 1. The lowest BCUT2D eigenvalue weighted by Gasteiger charge is -2.36. The maximum atomic E-state index is 12.4. The van der Waals surface area contributed by atoms with Crippen LogP contribution in [0.15, 0.2) is 54.6 Å². The predicted octanol–water partition coefficient (Wildman–Crippen LogP) is 1.39. The van der Waals surface area contributed by atoms with Gasteiger partial charge in [0, 0.05) is 25.0 Å². The van der Waals surface area contributed by atoms with Crippen LogP contribution in [-0.4, -0.2) is 42.5 Å². The smallest absolute Gasteiger partial charge is 0.312 e. The summed E-state index contributed by atoms with van der Waals surface area (Å²) in [5.41, 5.74) is 15.4. The third kappa shape index (κ3) is 3.85. The van der Waals surface area contributed by atoms with Gasteiger partial charge in [-0.1, -0.05) is 54.6 Å². The van der Waals surface area contributed by atoms with Crippen molar-refractivity contribution in [2.75, 3.05) is 19.6 Å². The number of hydrogen-bond donors (Lipinski definition) is 4. The van der Waals surface area contributed by atoms with Gasteiger partial charge in [0.05, 0.1) is 12.6 Å². The number of nitrogens with one attached hydrogen (secondary N) is 3. The van der Waals surface area contributed by atoms with Crippen LogP contribution >= 0.6 is 0 Å². The molecule has 28 heavy (non-hydrogen) atoms. The first kappa shape index (κ1) is 18.5. The number of piperidine rings is 1. The molecule has 0 bridgehead atoms. The van der Waals surface area contributed by atoms with Crippen LogP contribution in [-0.2, 0) is 4.79 Å². The Morgan fingerprint density at radius 2 is 1.75 bits per heavy atom. The molecule has 7 nitrogen and oxygen atoms in total. The summed E-state index contributed by atoms with van der Waals surface area (Å²) in [6, 6.07) is 18.7. The number of urea groups is 1. The highest BCUT2D eigenvalue weighted by Gasteiger charge is 2.41. The highest BCUT2D eigenvalue weighted by atomic mass is 16.2. The maximum Gasteiger partial charge on any atom is 0.312 e. The Hall–Kier alpha value is -2.90. The van der Waals surface area contributed by atoms with E-state index in [1.807, 2.05) is 23.1 Å². The predicted molar refractivity (Wildman–Crippen MR) is 107 cm³/mol. The number of amides is 3. The number of nitrogens with zero attached hydrogens (tertiary/aromatic N) is 1. The van der Waals surface area contributed by atoms with Gasteiger partial charge in [-0.25, -0.2) is 10.2 Å². The molecule has 2 aromatic rings. The molecule has 2 aromatic carbocycles. The summed E-state index contributed by atoms with van der Waals surface area (Å²) in [5.74, 6) is 0.177. The molecule has 0 saturated carbocycles. The van der Waals surface area contributed by atoms with Crippen molar-refractivity contribution in [2.45, 2.75) is 18.5 Å². The molecule has 3 amide bonds. The Morgan fingerprint density at radius 1 is 1.04 bits per heavy atom. The molecule has 0 radical (unpaired) electrons. The van der Waals surface area contributed by atoms with Crippen LogP contribution in [0.25, 0.3) is 11.1 Å². The lowest BCUT2D eigenvalue weighted by Crippen LogP contribution is -2.50. The summed E-state index contributed by atoms with van der Waals surface area (Å²) in [6.07, 6.45) is 0.874. The number of carbonyl (C=O) groups excluding carboxylic acids is 2. The minimum atomic E-state index is -0.677. The molecule has 2 aliphatic rings. The van der Waals surface area contributed by atoms with Crippen molar-refractivity contribution in [2.24, 2.45) is 11.7 Å². The van der Waals surface area contributed by atoms with E-state index in [9.17, 15) is 9.59 Å². The largest absolute Gasteiger partial charge is 0.352 e. The Bertz CT molecular complexity index is 840. The number of nitrogens with two attached hydrogens (primary N) is 1. The van der Waals surface area contributed by atoms with Gasteiger partial charge >= 0.3 is 6.03 Å². The van der Waals surface area contributed by atoms with E-state index in [1.54, 1.807) is 0 Å². The zero-order valence-electron chi connectivity index (χ0n) is 15.6. The first-order valence-electron chi connectivity index (χ1n) is 9.59. The van der Waals surface area contributed by atoms with Gasteiger partial charge in [-0.2, -0.15) is 0 Å². The van der Waals surface area contributed by atoms with Crippen LogP contribution in [0.2, 0.25) is 0 Å². The molecule has 3 atom stereocenters. The Morgan fingerprint density at radius 3 is 2.46 bits per heavy atom. The monoisotopic (exact) mass is 379 g/mol. The lowest BCUT2D eigenvalue weighted by atomic mass is 9.84. The topological polar surface area (TPSA) is 99.5 Å². The van der Waals surface area contributed by atoms with Gasteiger partial charge in [0.25, 0.3) is 0 Å². The fraction of sp³-hybridized carbons (Fsp3) is 0.333. The molecule has 4 rings (SSSR count). The molecule has 2 saturated heterocycles. The second-order valence-corrected chi connectivity index (χ2v) is 7.37. The van der Waals surface area contributed by atoms with Crippen molar-refractivity contribution < 1.29 is 9.59 Å². The second-order valence-electron chi connectivity index (χ2n) is 7.37. The molecule has 2 aliphatic heterocycles. The van der Waals surface area contributed by atoms with Crippen molar-refractivity contribution in [3.8, 4) is 11.1 Å². The summed E-state index contributed by atoms with van der Waals surface area (Å²) >= 11 is 0. The molecule has 3 unspecified atom stereocenters. The first-order valence-corrected chi connectivity index (χ1v) is 9.59. The molecule has 0 aromatic heterocycles. The van der Waals surface area contributed by atoms with Gasteiger partial charge in [-0.15, -0.1) is 0 Å². The molecule has 2 fully saturated rings. The van der Waals surface area contributed by atoms with Gasteiger partial charge < -0.3 is 16.0 Å². The summed E-state index contributed by atoms with van der Waals surface area (Å²) < 4.78 is 0. The zero-order valence-corrected chi connectivity index (χ0v) is 15.6. The zero-order chi connectivity index (χ0) is 19.5. The third-order valence-corrected chi connectivity index (χ3v) is 5.65. The quantitative estimate of drug-likeness (QED) is 0.645. The highest BCUT2D eigenvalue weighted by Crippen LogP contribution is 2.34. The second kappa shape index (κ2) is 8.00. The third-order valence-electron chi connectivity index (χ3n) is 5.65. The minimum Gasteiger partial charge on any atom is -0.352 e. The number of hydrogen-bond acceptors (Lipinski definition) is 4. The number of primary amides is 1. The van der Waals surface area contributed by atoms with E-state index in [1.165, 1.54) is 16.7 Å². The fourth-order valence-electron chi connectivity index (χ4n) is 4.15. The molecular formula is C21H25N5O2. The van der Waals surface area contributed by atoms with Crippen LogP contribution in [0.5, 0.6) is 0 Å². The summed E-state index contributed by atoms with van der Waals surface area (Å²) in [7, 11) is 0. The molecular weight excluding hydrogens is 354 g/mol. The maximum absolute atomic E-state index is 12.4. The van der Waals surface area contributed by atoms with Crippen molar-refractivity contribution in [1.29, 1.82) is 0 Å². The Labute approximate surface area is 164 Å². The van der Waals surface area contributed by atoms with Crippen LogP contribution < -0.4 is 21.9 Å². The number of fused-ring (bicyclic) bond motifs is 1. The Balaban J connectivity index is 1.45. The van der Waals surface area contributed by atoms with E-state index in [-0.39, 0.29) is 24.4 Å². The molecule has 146 valence electrons. The average Bonchev–Trinajstić information content (AvgIpc) is 3.16. The molecule has 5 N–H and O–H groups in total. The molecule has 2 heterocycles. The fourth-order valence-corrected chi connectivity index (χ4v) is 4.15. The van der Waals surface area contributed by atoms with Gasteiger partial charge in [0.1, 0.15) is 0 Å². The van der Waals surface area contributed by atoms with Gasteiger partial charge in [0.2, 0.25) is 5.91 Å². The van der Waals surface area contributed by atoms with E-state index in [0.29, 0.717) is 19.1 Å². The van der Waals surface area contributed by atoms with Crippen LogP contribution in [0.3, 0.4) is 0 Å². The van der Waals surface area contributed by atoms with Gasteiger partial charge in [-0.05, 0) is 23.1 Å². The molecule has 7 heteroatoms. The van der Waals surface area contributed by atoms with E-state index in [4.69, 9.17) is 5.73 Å². The molecule has 0 aliphatic carbocycles. The number of likely N-dealkylation sites (tertiary alicyclic amines) is 1. The Kier molecular flexibility index (Phi) is 5.27. The highest BCUT2D eigenvalue weighted by molar-refractivity contribution is 5.83. The van der Waals surface area contributed by atoms with E-state index < -0.39 is 6.03 Å². The minimum absolute atomic E-state index is 0.0516.